The van der Waals surface area contributed by atoms with Gasteiger partial charge in [0.2, 0.25) is 0 Å². The monoisotopic (exact) mass is 278 g/mol. The second-order valence-corrected chi connectivity index (χ2v) is 5.00. The third-order valence-electron chi connectivity index (χ3n) is 3.49. The lowest BCUT2D eigenvalue weighted by Gasteiger charge is -2.28. The number of piperidine rings is 1. The third-order valence-corrected chi connectivity index (χ3v) is 3.49. The van der Waals surface area contributed by atoms with Crippen LogP contribution in [0.1, 0.15) is 19.8 Å². The van der Waals surface area contributed by atoms with Gasteiger partial charge in [-0.1, -0.05) is 0 Å². The fourth-order valence-corrected chi connectivity index (χ4v) is 2.52. The molecule has 3 rings (SSSR count). The second-order valence-electron chi connectivity index (χ2n) is 5.00. The van der Waals surface area contributed by atoms with E-state index in [9.17, 15) is 0 Å². The molecule has 2 aromatic rings. The van der Waals surface area contributed by atoms with Gasteiger partial charge < -0.3 is 10.1 Å². The van der Waals surface area contributed by atoms with Crippen LogP contribution in [0.15, 0.2) is 36.7 Å². The quantitative estimate of drug-likeness (QED) is 0.916. The lowest BCUT2D eigenvalue weighted by molar-refractivity contribution is 0.144. The molecule has 1 aromatic carbocycles. The molecule has 0 bridgehead atoms. The normalized spacial score (nSPS) is 22.8. The van der Waals surface area contributed by atoms with Crippen molar-refractivity contribution >= 4 is 23.2 Å². The minimum Gasteiger partial charge on any atom is -0.490 e. The Morgan fingerprint density at radius 2 is 2.16 bits per heavy atom. The topological polar surface area (TPSA) is 34.1 Å². The number of rotatable bonds is 2. The van der Waals surface area contributed by atoms with Gasteiger partial charge in [-0.3, -0.25) is 4.98 Å². The van der Waals surface area contributed by atoms with Crippen molar-refractivity contribution in [3.8, 4) is 5.75 Å². The fourth-order valence-electron chi connectivity index (χ4n) is 2.52. The van der Waals surface area contributed by atoms with Crippen LogP contribution in [0.4, 0.5) is 0 Å². The number of halogens is 1. The SMILES string of the molecule is C[C@@H]1C[C@@H](Oc2ccc3cnccc3c2)CCN1.Cl. The van der Waals surface area contributed by atoms with Gasteiger partial charge in [0.25, 0.3) is 0 Å². The van der Waals surface area contributed by atoms with Crippen LogP contribution < -0.4 is 10.1 Å². The molecule has 0 aliphatic carbocycles. The molecule has 0 saturated carbocycles. The van der Waals surface area contributed by atoms with E-state index in [1.807, 2.05) is 24.5 Å². The van der Waals surface area contributed by atoms with Crippen LogP contribution in [-0.4, -0.2) is 23.7 Å². The number of pyridine rings is 1. The Labute approximate surface area is 119 Å². The molecule has 3 nitrogen and oxygen atoms in total. The molecule has 2 atom stereocenters. The Hall–Kier alpha value is -1.32. The number of hydrogen-bond donors (Lipinski definition) is 1. The number of hydrogen-bond acceptors (Lipinski definition) is 3. The number of aromatic nitrogens is 1. The van der Waals surface area contributed by atoms with E-state index in [1.54, 1.807) is 0 Å². The Bertz CT molecular complexity index is 546. The minimum absolute atomic E-state index is 0. The van der Waals surface area contributed by atoms with E-state index in [-0.39, 0.29) is 12.4 Å². The standard InChI is InChI=1S/C15H18N2O.ClH/c1-11-8-15(5-7-17-11)18-14-3-2-13-10-16-6-4-12(13)9-14;/h2-4,6,9-11,15,17H,5,7-8H2,1H3;1H/t11-,15+;/m1./s1. The summed E-state index contributed by atoms with van der Waals surface area (Å²) in [5, 5.41) is 5.78. The van der Waals surface area contributed by atoms with E-state index in [0.29, 0.717) is 12.1 Å². The highest BCUT2D eigenvalue weighted by Crippen LogP contribution is 2.23. The highest BCUT2D eigenvalue weighted by Gasteiger charge is 2.19. The summed E-state index contributed by atoms with van der Waals surface area (Å²) in [5.41, 5.74) is 0. The van der Waals surface area contributed by atoms with Crippen molar-refractivity contribution in [3.05, 3.63) is 36.7 Å². The fraction of sp³-hybridized carbons (Fsp3) is 0.400. The summed E-state index contributed by atoms with van der Waals surface area (Å²) in [4.78, 5) is 4.12. The van der Waals surface area contributed by atoms with Gasteiger partial charge in [0.15, 0.2) is 0 Å². The molecule has 2 heterocycles. The van der Waals surface area contributed by atoms with Crippen LogP contribution in [0.5, 0.6) is 5.75 Å². The van der Waals surface area contributed by atoms with Crippen molar-refractivity contribution < 1.29 is 4.74 Å². The van der Waals surface area contributed by atoms with Crippen LogP contribution in [0.25, 0.3) is 10.8 Å². The molecule has 1 N–H and O–H groups in total. The number of benzene rings is 1. The zero-order valence-corrected chi connectivity index (χ0v) is 11.8. The molecule has 1 aliphatic rings. The molecule has 0 spiro atoms. The van der Waals surface area contributed by atoms with E-state index in [2.05, 4.69) is 29.4 Å². The van der Waals surface area contributed by atoms with Crippen LogP contribution in [0, 0.1) is 0 Å². The predicted molar refractivity (Wildman–Crippen MR) is 80.1 cm³/mol. The van der Waals surface area contributed by atoms with Crippen LogP contribution >= 0.6 is 12.4 Å². The highest BCUT2D eigenvalue weighted by atomic mass is 35.5. The zero-order valence-electron chi connectivity index (χ0n) is 11.0. The Kier molecular flexibility index (Phi) is 4.61. The Morgan fingerprint density at radius 1 is 1.26 bits per heavy atom. The van der Waals surface area contributed by atoms with Crippen molar-refractivity contribution in [1.82, 2.24) is 10.3 Å². The molecule has 1 aromatic heterocycles. The smallest absolute Gasteiger partial charge is 0.120 e. The van der Waals surface area contributed by atoms with Crippen LogP contribution in [-0.2, 0) is 0 Å². The van der Waals surface area contributed by atoms with Gasteiger partial charge in [-0.2, -0.15) is 0 Å². The third kappa shape index (κ3) is 3.37. The molecule has 102 valence electrons. The summed E-state index contributed by atoms with van der Waals surface area (Å²) in [6.45, 7) is 3.25. The maximum atomic E-state index is 6.07. The van der Waals surface area contributed by atoms with E-state index in [0.717, 1.165) is 30.5 Å². The molecule has 19 heavy (non-hydrogen) atoms. The first-order chi connectivity index (χ1) is 8.81. The van der Waals surface area contributed by atoms with E-state index in [4.69, 9.17) is 4.74 Å². The maximum Gasteiger partial charge on any atom is 0.120 e. The highest BCUT2D eigenvalue weighted by molar-refractivity contribution is 5.85. The Balaban J connectivity index is 0.00000133. The molecule has 0 unspecified atom stereocenters. The lowest BCUT2D eigenvalue weighted by Crippen LogP contribution is -2.40. The molecular weight excluding hydrogens is 260 g/mol. The van der Waals surface area contributed by atoms with Crippen molar-refractivity contribution in [3.63, 3.8) is 0 Å². The van der Waals surface area contributed by atoms with Gasteiger partial charge in [0, 0.05) is 23.8 Å². The zero-order chi connectivity index (χ0) is 12.4. The summed E-state index contributed by atoms with van der Waals surface area (Å²) in [7, 11) is 0. The predicted octanol–water partition coefficient (Wildman–Crippen LogP) is 3.18. The number of fused-ring (bicyclic) bond motifs is 1. The van der Waals surface area contributed by atoms with Crippen molar-refractivity contribution in [2.75, 3.05) is 6.54 Å². The molecular formula is C15H19ClN2O. The van der Waals surface area contributed by atoms with Gasteiger partial charge in [-0.15, -0.1) is 12.4 Å². The molecule has 4 heteroatoms. The van der Waals surface area contributed by atoms with Crippen molar-refractivity contribution in [2.45, 2.75) is 31.9 Å². The average Bonchev–Trinajstić information content (AvgIpc) is 2.39. The number of nitrogens with one attached hydrogen (secondary N) is 1. The van der Waals surface area contributed by atoms with Crippen molar-refractivity contribution in [2.24, 2.45) is 0 Å². The minimum atomic E-state index is 0. The second kappa shape index (κ2) is 6.22. The first-order valence-electron chi connectivity index (χ1n) is 6.55. The summed E-state index contributed by atoms with van der Waals surface area (Å²) >= 11 is 0. The number of ether oxygens (including phenoxy) is 1. The van der Waals surface area contributed by atoms with E-state index < -0.39 is 0 Å². The molecule has 1 aliphatic heterocycles. The van der Waals surface area contributed by atoms with Gasteiger partial charge in [-0.05, 0) is 56.0 Å². The van der Waals surface area contributed by atoms with E-state index in [1.165, 1.54) is 5.39 Å². The molecule has 0 radical (unpaired) electrons. The van der Waals surface area contributed by atoms with Gasteiger partial charge >= 0.3 is 0 Å². The Morgan fingerprint density at radius 3 is 3.00 bits per heavy atom. The number of nitrogens with zero attached hydrogens (tertiary/aromatic N) is 1. The van der Waals surface area contributed by atoms with Gasteiger partial charge in [-0.25, -0.2) is 0 Å². The van der Waals surface area contributed by atoms with Crippen molar-refractivity contribution in [1.29, 1.82) is 0 Å². The van der Waals surface area contributed by atoms with Gasteiger partial charge in [0.1, 0.15) is 11.9 Å². The first kappa shape index (κ1) is 14.1. The maximum absolute atomic E-state index is 6.07. The molecule has 1 saturated heterocycles. The summed E-state index contributed by atoms with van der Waals surface area (Å²) < 4.78 is 6.07. The summed E-state index contributed by atoms with van der Waals surface area (Å²) in [5.74, 6) is 0.966. The summed E-state index contributed by atoms with van der Waals surface area (Å²) in [6, 6.07) is 8.78. The van der Waals surface area contributed by atoms with Crippen LogP contribution in [0.3, 0.4) is 0 Å². The van der Waals surface area contributed by atoms with E-state index >= 15 is 0 Å². The van der Waals surface area contributed by atoms with Crippen LogP contribution in [0.2, 0.25) is 0 Å². The van der Waals surface area contributed by atoms with Gasteiger partial charge in [0.05, 0.1) is 0 Å². The lowest BCUT2D eigenvalue weighted by atomic mass is 10.0. The average molecular weight is 279 g/mol. The summed E-state index contributed by atoms with van der Waals surface area (Å²) in [6.07, 6.45) is 6.19. The molecule has 1 fully saturated rings. The largest absolute Gasteiger partial charge is 0.490 e. The first-order valence-corrected chi connectivity index (χ1v) is 6.55. The molecule has 0 amide bonds.